The second kappa shape index (κ2) is 11.3. The van der Waals surface area contributed by atoms with Crippen molar-refractivity contribution in [3.05, 3.63) is 94.5 Å². The van der Waals surface area contributed by atoms with Gasteiger partial charge in [0.1, 0.15) is 24.7 Å². The summed E-state index contributed by atoms with van der Waals surface area (Å²) >= 11 is 3.48. The van der Waals surface area contributed by atoms with Crippen molar-refractivity contribution in [2.45, 2.75) is 18.5 Å². The molecule has 32 heavy (non-hydrogen) atoms. The van der Waals surface area contributed by atoms with Gasteiger partial charge in [0, 0.05) is 11.4 Å². The van der Waals surface area contributed by atoms with Gasteiger partial charge in [0.15, 0.2) is 0 Å². The third-order valence-electron chi connectivity index (χ3n) is 4.66. The van der Waals surface area contributed by atoms with Crippen LogP contribution in [0, 0.1) is 0 Å². The maximum Gasteiger partial charge on any atom is 0.337 e. The molecular formula is C25H23BrO6. The molecule has 0 N–H and O–H groups in total. The smallest absolute Gasteiger partial charge is 0.337 e. The fourth-order valence-corrected chi connectivity index (χ4v) is 3.24. The summed E-state index contributed by atoms with van der Waals surface area (Å²) in [5, 5.41) is 0.655. The number of halogens is 1. The first-order chi connectivity index (χ1) is 15.5. The topological polar surface area (TPSA) is 71.1 Å². The van der Waals surface area contributed by atoms with Crippen LogP contribution in [0.4, 0.5) is 0 Å². The van der Waals surface area contributed by atoms with E-state index >= 15 is 0 Å². The van der Waals surface area contributed by atoms with E-state index in [2.05, 4.69) is 15.9 Å². The molecule has 6 nitrogen and oxygen atoms in total. The van der Waals surface area contributed by atoms with Crippen molar-refractivity contribution >= 4 is 27.9 Å². The molecule has 3 aromatic carbocycles. The van der Waals surface area contributed by atoms with Gasteiger partial charge in [0.25, 0.3) is 0 Å². The van der Waals surface area contributed by atoms with E-state index in [4.69, 9.17) is 18.9 Å². The summed E-state index contributed by atoms with van der Waals surface area (Å²) in [6.45, 7) is 0.698. The highest BCUT2D eigenvalue weighted by molar-refractivity contribution is 9.08. The van der Waals surface area contributed by atoms with Gasteiger partial charge >= 0.3 is 11.9 Å². The molecule has 0 fully saturated rings. The van der Waals surface area contributed by atoms with Gasteiger partial charge in [0.05, 0.1) is 25.3 Å². The van der Waals surface area contributed by atoms with E-state index in [9.17, 15) is 9.59 Å². The average molecular weight is 499 g/mol. The molecule has 7 heteroatoms. The van der Waals surface area contributed by atoms with Gasteiger partial charge in [-0.15, -0.1) is 0 Å². The van der Waals surface area contributed by atoms with Gasteiger partial charge in [-0.1, -0.05) is 40.2 Å². The molecule has 0 bridgehead atoms. The lowest BCUT2D eigenvalue weighted by Gasteiger charge is -2.12. The Hall–Kier alpha value is -3.32. The van der Waals surface area contributed by atoms with Crippen LogP contribution in [-0.4, -0.2) is 26.2 Å². The second-order valence-electron chi connectivity index (χ2n) is 6.90. The molecule has 3 rings (SSSR count). The number of carbonyl (C=O) groups excluding carboxylic acids is 2. The predicted octanol–water partition coefficient (Wildman–Crippen LogP) is 5.31. The first-order valence-corrected chi connectivity index (χ1v) is 10.9. The number of carbonyl (C=O) groups is 2. The molecule has 0 aliphatic carbocycles. The molecule has 0 amide bonds. The summed E-state index contributed by atoms with van der Waals surface area (Å²) in [5.74, 6) is 0.610. The van der Waals surface area contributed by atoms with Crippen LogP contribution in [0.3, 0.4) is 0 Å². The molecule has 0 saturated carbocycles. The van der Waals surface area contributed by atoms with Gasteiger partial charge in [0.2, 0.25) is 0 Å². The molecule has 0 spiro atoms. The van der Waals surface area contributed by atoms with E-state index in [1.165, 1.54) is 14.2 Å². The van der Waals surface area contributed by atoms with Crippen LogP contribution in [0.15, 0.2) is 66.7 Å². The molecular weight excluding hydrogens is 476 g/mol. The van der Waals surface area contributed by atoms with E-state index in [-0.39, 0.29) is 11.9 Å². The van der Waals surface area contributed by atoms with Gasteiger partial charge in [-0.2, -0.15) is 0 Å². The van der Waals surface area contributed by atoms with Crippen molar-refractivity contribution in [3.63, 3.8) is 0 Å². The Labute approximate surface area is 195 Å². The molecule has 0 saturated heterocycles. The fraction of sp³-hybridized carbons (Fsp3) is 0.200. The Balaban J connectivity index is 1.63. The maximum absolute atomic E-state index is 11.5. The Morgan fingerprint density at radius 1 is 0.656 bits per heavy atom. The first kappa shape index (κ1) is 23.3. The van der Waals surface area contributed by atoms with Crippen LogP contribution in [0.5, 0.6) is 11.5 Å². The summed E-state index contributed by atoms with van der Waals surface area (Å²) in [7, 11) is 2.71. The number of ether oxygens (including phenoxy) is 4. The van der Waals surface area contributed by atoms with Crippen molar-refractivity contribution in [1.29, 1.82) is 0 Å². The number of methoxy groups -OCH3 is 2. The number of rotatable bonds is 9. The van der Waals surface area contributed by atoms with Crippen LogP contribution in [-0.2, 0) is 28.0 Å². The van der Waals surface area contributed by atoms with Crippen LogP contribution >= 0.6 is 15.9 Å². The number of hydrogen-bond acceptors (Lipinski definition) is 6. The third kappa shape index (κ3) is 6.34. The van der Waals surface area contributed by atoms with Crippen LogP contribution < -0.4 is 9.47 Å². The highest BCUT2D eigenvalue weighted by atomic mass is 79.9. The molecule has 3 aromatic rings. The van der Waals surface area contributed by atoms with Crippen LogP contribution in [0.25, 0.3) is 0 Å². The lowest BCUT2D eigenvalue weighted by molar-refractivity contribution is 0.0592. The zero-order valence-electron chi connectivity index (χ0n) is 17.8. The number of benzene rings is 3. The van der Waals surface area contributed by atoms with E-state index < -0.39 is 0 Å². The Morgan fingerprint density at radius 3 is 1.41 bits per heavy atom. The monoisotopic (exact) mass is 498 g/mol. The molecule has 0 heterocycles. The largest absolute Gasteiger partial charge is 0.489 e. The van der Waals surface area contributed by atoms with Gasteiger partial charge in [-0.05, 0) is 53.1 Å². The molecule has 166 valence electrons. The maximum atomic E-state index is 11.5. The Morgan fingerprint density at radius 2 is 1.06 bits per heavy atom. The summed E-state index contributed by atoms with van der Waals surface area (Å²) in [5.41, 5.74) is 3.85. The van der Waals surface area contributed by atoms with E-state index in [1.54, 1.807) is 24.3 Å². The summed E-state index contributed by atoms with van der Waals surface area (Å²) in [4.78, 5) is 23.1. The lowest BCUT2D eigenvalue weighted by atomic mass is 10.1. The molecule has 0 radical (unpaired) electrons. The Bertz CT molecular complexity index is 979. The number of alkyl halides is 1. The first-order valence-electron chi connectivity index (χ1n) is 9.82. The number of esters is 2. The van der Waals surface area contributed by atoms with E-state index in [1.807, 2.05) is 42.5 Å². The number of hydrogen-bond donors (Lipinski definition) is 0. The summed E-state index contributed by atoms with van der Waals surface area (Å²) < 4.78 is 21.3. The second-order valence-corrected chi connectivity index (χ2v) is 7.46. The molecule has 0 aliphatic rings. The minimum atomic E-state index is -0.371. The zero-order valence-corrected chi connectivity index (χ0v) is 19.4. The minimum absolute atomic E-state index is 0.349. The molecule has 0 aromatic heterocycles. The highest BCUT2D eigenvalue weighted by Crippen LogP contribution is 2.26. The quantitative estimate of drug-likeness (QED) is 0.294. The highest BCUT2D eigenvalue weighted by Gasteiger charge is 2.08. The van der Waals surface area contributed by atoms with Gasteiger partial charge < -0.3 is 18.9 Å². The predicted molar refractivity (Wildman–Crippen MR) is 123 cm³/mol. The van der Waals surface area contributed by atoms with Crippen LogP contribution in [0.1, 0.15) is 37.4 Å². The van der Waals surface area contributed by atoms with E-state index in [0.717, 1.165) is 16.7 Å². The minimum Gasteiger partial charge on any atom is -0.489 e. The van der Waals surface area contributed by atoms with Crippen molar-refractivity contribution in [2.75, 3.05) is 14.2 Å². The zero-order chi connectivity index (χ0) is 22.9. The molecule has 0 aliphatic heterocycles. The summed E-state index contributed by atoms with van der Waals surface area (Å²) in [6, 6.07) is 19.9. The lowest BCUT2D eigenvalue weighted by Crippen LogP contribution is -2.03. The van der Waals surface area contributed by atoms with E-state index in [0.29, 0.717) is 41.2 Å². The average Bonchev–Trinajstić information content (AvgIpc) is 2.85. The van der Waals surface area contributed by atoms with Crippen LogP contribution in [0.2, 0.25) is 0 Å². The molecule has 0 unspecified atom stereocenters. The summed E-state index contributed by atoms with van der Waals surface area (Å²) in [6.07, 6.45) is 0. The Kier molecular flexibility index (Phi) is 8.27. The standard InChI is InChI=1S/C25H23BrO6/c1-29-24(27)20-7-3-17(4-8-20)15-31-22-11-19(14-26)12-23(13-22)32-16-18-5-9-21(10-6-18)25(28)30-2/h3-13H,14-16H2,1-2H3. The SMILES string of the molecule is COC(=O)c1ccc(COc2cc(CBr)cc(OCc3ccc(C(=O)OC)cc3)c2)cc1. The molecule has 0 atom stereocenters. The normalized spacial score (nSPS) is 10.3. The van der Waals surface area contributed by atoms with Crippen molar-refractivity contribution in [2.24, 2.45) is 0 Å². The van der Waals surface area contributed by atoms with Gasteiger partial charge in [-0.3, -0.25) is 0 Å². The fourth-order valence-electron chi connectivity index (χ4n) is 2.92. The van der Waals surface area contributed by atoms with Crippen molar-refractivity contribution < 1.29 is 28.5 Å². The van der Waals surface area contributed by atoms with Gasteiger partial charge in [-0.25, -0.2) is 9.59 Å². The van der Waals surface area contributed by atoms with Crippen molar-refractivity contribution in [1.82, 2.24) is 0 Å². The van der Waals surface area contributed by atoms with Crippen molar-refractivity contribution in [3.8, 4) is 11.5 Å². The third-order valence-corrected chi connectivity index (χ3v) is 5.30.